The summed E-state index contributed by atoms with van der Waals surface area (Å²) >= 11 is 0. The number of amides is 1. The van der Waals surface area contributed by atoms with E-state index in [-0.39, 0.29) is 17.3 Å². The van der Waals surface area contributed by atoms with Crippen molar-refractivity contribution in [1.82, 2.24) is 15.0 Å². The maximum Gasteiger partial charge on any atom is 0.241 e. The fraction of sp³-hybridized carbons (Fsp3) is 0.211. The van der Waals surface area contributed by atoms with E-state index in [1.54, 1.807) is 12.1 Å². The van der Waals surface area contributed by atoms with E-state index < -0.39 is 10.0 Å². The highest BCUT2D eigenvalue weighted by Gasteiger charge is 2.15. The average molecular weight is 371 g/mol. The number of aryl methyl sites for hydroxylation is 1. The average Bonchev–Trinajstić information content (AvgIpc) is 3.04. The molecule has 1 heterocycles. The molecule has 0 fully saturated rings. The van der Waals surface area contributed by atoms with Crippen LogP contribution in [0.1, 0.15) is 11.1 Å². The van der Waals surface area contributed by atoms with Gasteiger partial charge in [0.15, 0.2) is 0 Å². The van der Waals surface area contributed by atoms with Crippen molar-refractivity contribution in [2.45, 2.75) is 18.2 Å². The topological polar surface area (TPSA) is 91.1 Å². The van der Waals surface area contributed by atoms with Gasteiger partial charge in [-0.1, -0.05) is 35.9 Å². The number of sulfonamides is 1. The summed E-state index contributed by atoms with van der Waals surface area (Å²) in [5.41, 5.74) is 3.14. The summed E-state index contributed by atoms with van der Waals surface area (Å²) < 4.78 is 26.6. The van der Waals surface area contributed by atoms with Crippen molar-refractivity contribution in [3.8, 4) is 0 Å². The van der Waals surface area contributed by atoms with Crippen molar-refractivity contribution in [3.63, 3.8) is 0 Å². The fourth-order valence-electron chi connectivity index (χ4n) is 2.70. The van der Waals surface area contributed by atoms with Crippen LogP contribution in [-0.4, -0.2) is 32.4 Å². The highest BCUT2D eigenvalue weighted by Crippen LogP contribution is 2.17. The molecule has 0 unspecified atom stereocenters. The molecule has 0 aliphatic heterocycles. The summed E-state index contributed by atoms with van der Waals surface area (Å²) in [7, 11) is -3.68. The van der Waals surface area contributed by atoms with Crippen LogP contribution in [0.3, 0.4) is 0 Å². The lowest BCUT2D eigenvalue weighted by molar-refractivity contribution is -0.119. The summed E-state index contributed by atoms with van der Waals surface area (Å²) in [6.07, 6.45) is 2.59. The van der Waals surface area contributed by atoms with E-state index in [0.29, 0.717) is 13.0 Å². The van der Waals surface area contributed by atoms with Gasteiger partial charge in [0.2, 0.25) is 15.9 Å². The molecule has 6 nitrogen and oxygen atoms in total. The van der Waals surface area contributed by atoms with Gasteiger partial charge in [-0.3, -0.25) is 4.79 Å². The number of H-pyrrole nitrogens is 1. The molecule has 0 spiro atoms. The van der Waals surface area contributed by atoms with Gasteiger partial charge in [-0.25, -0.2) is 13.1 Å². The molecule has 3 N–H and O–H groups in total. The Labute approximate surface area is 152 Å². The Morgan fingerprint density at radius 3 is 2.58 bits per heavy atom. The van der Waals surface area contributed by atoms with E-state index in [4.69, 9.17) is 0 Å². The predicted molar refractivity (Wildman–Crippen MR) is 101 cm³/mol. The van der Waals surface area contributed by atoms with Crippen LogP contribution in [0, 0.1) is 6.92 Å². The van der Waals surface area contributed by atoms with E-state index >= 15 is 0 Å². The molecule has 0 aliphatic rings. The second kappa shape index (κ2) is 7.72. The zero-order valence-corrected chi connectivity index (χ0v) is 15.3. The van der Waals surface area contributed by atoms with Gasteiger partial charge >= 0.3 is 0 Å². The number of nitrogens with one attached hydrogen (secondary N) is 3. The molecule has 3 aromatic rings. The van der Waals surface area contributed by atoms with Gasteiger partial charge in [-0.15, -0.1) is 0 Å². The highest BCUT2D eigenvalue weighted by atomic mass is 32.2. The first-order valence-corrected chi connectivity index (χ1v) is 9.82. The highest BCUT2D eigenvalue weighted by molar-refractivity contribution is 7.89. The second-order valence-electron chi connectivity index (χ2n) is 6.10. The summed E-state index contributed by atoms with van der Waals surface area (Å²) in [5, 5.41) is 3.87. The minimum absolute atomic E-state index is 0.148. The molecule has 0 saturated carbocycles. The SMILES string of the molecule is Cc1ccc(S(=O)(=O)NCC(=O)NCCc2c[nH]c3ccccc23)cc1. The third kappa shape index (κ3) is 4.30. The van der Waals surface area contributed by atoms with E-state index in [2.05, 4.69) is 15.0 Å². The van der Waals surface area contributed by atoms with Gasteiger partial charge in [0.05, 0.1) is 11.4 Å². The largest absolute Gasteiger partial charge is 0.361 e. The van der Waals surface area contributed by atoms with E-state index in [0.717, 1.165) is 22.0 Å². The Hall–Kier alpha value is -2.64. The van der Waals surface area contributed by atoms with Crippen LogP contribution < -0.4 is 10.0 Å². The first kappa shape index (κ1) is 18.2. The number of fused-ring (bicyclic) bond motifs is 1. The lowest BCUT2D eigenvalue weighted by Crippen LogP contribution is -2.37. The summed E-state index contributed by atoms with van der Waals surface area (Å²) in [4.78, 5) is 15.3. The Kier molecular flexibility index (Phi) is 5.39. The van der Waals surface area contributed by atoms with Gasteiger partial charge < -0.3 is 10.3 Å². The number of aromatic nitrogens is 1. The maximum absolute atomic E-state index is 12.2. The number of aromatic amines is 1. The lowest BCUT2D eigenvalue weighted by Gasteiger charge is -2.08. The molecular weight excluding hydrogens is 350 g/mol. The molecule has 1 aromatic heterocycles. The van der Waals surface area contributed by atoms with Crippen molar-refractivity contribution in [2.24, 2.45) is 0 Å². The summed E-state index contributed by atoms with van der Waals surface area (Å²) in [6, 6.07) is 14.4. The third-order valence-electron chi connectivity index (χ3n) is 4.15. The van der Waals surface area contributed by atoms with Crippen molar-refractivity contribution in [3.05, 3.63) is 65.9 Å². The molecule has 7 heteroatoms. The molecular formula is C19H21N3O3S. The Morgan fingerprint density at radius 2 is 1.81 bits per heavy atom. The first-order valence-electron chi connectivity index (χ1n) is 8.34. The normalized spacial score (nSPS) is 11.6. The van der Waals surface area contributed by atoms with E-state index in [1.807, 2.05) is 37.4 Å². The van der Waals surface area contributed by atoms with Crippen LogP contribution in [0.2, 0.25) is 0 Å². The minimum Gasteiger partial charge on any atom is -0.361 e. The number of benzene rings is 2. The Balaban J connectivity index is 1.49. The van der Waals surface area contributed by atoms with Gasteiger partial charge in [0.25, 0.3) is 0 Å². The molecule has 0 saturated heterocycles. The van der Waals surface area contributed by atoms with Crippen LogP contribution in [-0.2, 0) is 21.2 Å². The van der Waals surface area contributed by atoms with Crippen molar-refractivity contribution in [1.29, 1.82) is 0 Å². The molecule has 0 aliphatic carbocycles. The van der Waals surface area contributed by atoms with Crippen LogP contribution in [0.25, 0.3) is 10.9 Å². The number of hydrogen-bond acceptors (Lipinski definition) is 3. The fourth-order valence-corrected chi connectivity index (χ4v) is 3.68. The predicted octanol–water partition coefficient (Wildman–Crippen LogP) is 2.11. The molecule has 3 rings (SSSR count). The first-order chi connectivity index (χ1) is 12.5. The number of carbonyl (C=O) groups excluding carboxylic acids is 1. The number of carbonyl (C=O) groups is 1. The number of para-hydroxylation sites is 1. The minimum atomic E-state index is -3.68. The maximum atomic E-state index is 12.2. The monoisotopic (exact) mass is 371 g/mol. The molecule has 2 aromatic carbocycles. The van der Waals surface area contributed by atoms with Gasteiger partial charge in [0, 0.05) is 23.6 Å². The number of rotatable bonds is 7. The summed E-state index contributed by atoms with van der Waals surface area (Å²) in [6.45, 7) is 2.03. The van der Waals surface area contributed by atoms with Crippen molar-refractivity contribution < 1.29 is 13.2 Å². The third-order valence-corrected chi connectivity index (χ3v) is 5.56. The van der Waals surface area contributed by atoms with Gasteiger partial charge in [-0.05, 0) is 37.1 Å². The number of hydrogen-bond donors (Lipinski definition) is 3. The van der Waals surface area contributed by atoms with Crippen LogP contribution in [0.15, 0.2) is 59.6 Å². The van der Waals surface area contributed by atoms with Gasteiger partial charge in [0.1, 0.15) is 0 Å². The Bertz CT molecular complexity index is 1010. The standard InChI is InChI=1S/C19H21N3O3S/c1-14-6-8-16(9-7-14)26(24,25)22-13-19(23)20-11-10-15-12-21-18-5-3-2-4-17(15)18/h2-9,12,21-22H,10-11,13H2,1H3,(H,20,23). The molecule has 0 atom stereocenters. The van der Waals surface area contributed by atoms with Crippen LogP contribution >= 0.6 is 0 Å². The van der Waals surface area contributed by atoms with Crippen LogP contribution in [0.5, 0.6) is 0 Å². The van der Waals surface area contributed by atoms with Crippen molar-refractivity contribution in [2.75, 3.05) is 13.1 Å². The Morgan fingerprint density at radius 1 is 1.08 bits per heavy atom. The summed E-state index contributed by atoms with van der Waals surface area (Å²) in [5.74, 6) is -0.361. The lowest BCUT2D eigenvalue weighted by atomic mass is 10.1. The molecule has 136 valence electrons. The smallest absolute Gasteiger partial charge is 0.241 e. The van der Waals surface area contributed by atoms with Crippen molar-refractivity contribution >= 4 is 26.8 Å². The van der Waals surface area contributed by atoms with Gasteiger partial charge in [-0.2, -0.15) is 0 Å². The zero-order valence-electron chi connectivity index (χ0n) is 14.5. The van der Waals surface area contributed by atoms with E-state index in [1.165, 1.54) is 12.1 Å². The zero-order chi connectivity index (χ0) is 18.6. The molecule has 0 bridgehead atoms. The van der Waals surface area contributed by atoms with E-state index in [9.17, 15) is 13.2 Å². The second-order valence-corrected chi connectivity index (χ2v) is 7.86. The molecule has 0 radical (unpaired) electrons. The van der Waals surface area contributed by atoms with Crippen LogP contribution in [0.4, 0.5) is 0 Å². The molecule has 26 heavy (non-hydrogen) atoms. The quantitative estimate of drug-likeness (QED) is 0.594. The molecule has 1 amide bonds.